The van der Waals surface area contributed by atoms with E-state index in [1.54, 1.807) is 38.1 Å². The number of carbonyl (C=O) groups excluding carboxylic acids is 1. The van der Waals surface area contributed by atoms with Gasteiger partial charge >= 0.3 is 5.97 Å². The maximum absolute atomic E-state index is 12.9. The number of nitriles is 1. The largest absolute Gasteiger partial charge is 0.495 e. The van der Waals surface area contributed by atoms with Crippen molar-refractivity contribution in [2.24, 2.45) is 0 Å². The molecule has 0 bridgehead atoms. The van der Waals surface area contributed by atoms with Crippen molar-refractivity contribution in [3.8, 4) is 11.8 Å². The van der Waals surface area contributed by atoms with Crippen LogP contribution in [0.3, 0.4) is 0 Å². The van der Waals surface area contributed by atoms with Gasteiger partial charge in [0.15, 0.2) is 0 Å². The van der Waals surface area contributed by atoms with Crippen LogP contribution in [0.1, 0.15) is 35.3 Å². The lowest BCUT2D eigenvalue weighted by Gasteiger charge is -2.20. The van der Waals surface area contributed by atoms with Crippen molar-refractivity contribution < 1.29 is 22.7 Å². The second kappa shape index (κ2) is 9.35. The van der Waals surface area contributed by atoms with Crippen LogP contribution in [0.5, 0.6) is 5.75 Å². The quantitative estimate of drug-likeness (QED) is 0.630. The first kappa shape index (κ1) is 21.4. The fourth-order valence-corrected chi connectivity index (χ4v) is 4.33. The summed E-state index contributed by atoms with van der Waals surface area (Å²) in [5.41, 5.74) is 1.07. The van der Waals surface area contributed by atoms with Crippen LogP contribution in [0, 0.1) is 11.3 Å². The van der Waals surface area contributed by atoms with Crippen molar-refractivity contribution in [3.63, 3.8) is 0 Å². The summed E-state index contributed by atoms with van der Waals surface area (Å²) in [6.45, 7) is 3.96. The van der Waals surface area contributed by atoms with E-state index in [0.717, 1.165) is 0 Å². The Kier molecular flexibility index (Phi) is 7.15. The number of nitrogens with zero attached hydrogens (tertiary/aromatic N) is 2. The van der Waals surface area contributed by atoms with E-state index < -0.39 is 16.0 Å². The van der Waals surface area contributed by atoms with Crippen LogP contribution < -0.4 is 4.74 Å². The molecule has 148 valence electrons. The van der Waals surface area contributed by atoms with Gasteiger partial charge in [0.05, 0.1) is 24.3 Å². The van der Waals surface area contributed by atoms with Crippen LogP contribution in [-0.4, -0.2) is 38.9 Å². The molecule has 0 aromatic heterocycles. The number of benzene rings is 2. The van der Waals surface area contributed by atoms with Gasteiger partial charge in [0.1, 0.15) is 17.3 Å². The van der Waals surface area contributed by atoms with Crippen LogP contribution in [0.25, 0.3) is 0 Å². The van der Waals surface area contributed by atoms with Crippen LogP contribution >= 0.6 is 0 Å². The highest BCUT2D eigenvalue weighted by atomic mass is 32.2. The fraction of sp³-hybridized carbons (Fsp3) is 0.300. The van der Waals surface area contributed by atoms with E-state index >= 15 is 0 Å². The lowest BCUT2D eigenvalue weighted by Crippen LogP contribution is -2.31. The van der Waals surface area contributed by atoms with Crippen molar-refractivity contribution in [2.75, 3.05) is 20.2 Å². The first-order valence-corrected chi connectivity index (χ1v) is 10.2. The Labute approximate surface area is 165 Å². The maximum Gasteiger partial charge on any atom is 0.338 e. The van der Waals surface area contributed by atoms with Gasteiger partial charge in [-0.1, -0.05) is 32.0 Å². The van der Waals surface area contributed by atoms with Gasteiger partial charge in [0, 0.05) is 18.7 Å². The van der Waals surface area contributed by atoms with E-state index in [-0.39, 0.29) is 22.8 Å². The fourth-order valence-electron chi connectivity index (χ4n) is 2.69. The van der Waals surface area contributed by atoms with Gasteiger partial charge in [0.2, 0.25) is 10.0 Å². The summed E-state index contributed by atoms with van der Waals surface area (Å²) in [6, 6.07) is 12.9. The molecule has 2 rings (SSSR count). The third-order valence-electron chi connectivity index (χ3n) is 4.22. The molecule has 0 N–H and O–H groups in total. The molecule has 0 amide bonds. The average molecular weight is 402 g/mol. The monoisotopic (exact) mass is 402 g/mol. The first-order valence-electron chi connectivity index (χ1n) is 8.72. The molecule has 0 radical (unpaired) electrons. The number of ether oxygens (including phenoxy) is 2. The maximum atomic E-state index is 12.9. The Hall–Kier alpha value is -2.89. The summed E-state index contributed by atoms with van der Waals surface area (Å²) < 4.78 is 37.5. The summed E-state index contributed by atoms with van der Waals surface area (Å²) >= 11 is 0. The molecule has 0 saturated carbocycles. The van der Waals surface area contributed by atoms with Gasteiger partial charge < -0.3 is 9.47 Å². The molecular weight excluding hydrogens is 380 g/mol. The van der Waals surface area contributed by atoms with E-state index in [4.69, 9.17) is 14.7 Å². The van der Waals surface area contributed by atoms with Crippen molar-refractivity contribution in [1.29, 1.82) is 5.26 Å². The van der Waals surface area contributed by atoms with E-state index in [1.807, 2.05) is 6.07 Å². The standard InChI is InChI=1S/C20H22N2O5S/c1-4-22(5-2)28(24,25)19-12-15(10-11-18(19)26-3)20(23)27-14-17-9-7-6-8-16(17)13-21/h6-12H,4-5,14H2,1-3H3. The number of carbonyl (C=O) groups is 1. The molecule has 0 atom stereocenters. The van der Waals surface area contributed by atoms with E-state index in [2.05, 4.69) is 0 Å². The van der Waals surface area contributed by atoms with Crippen molar-refractivity contribution >= 4 is 16.0 Å². The zero-order chi connectivity index (χ0) is 20.7. The van der Waals surface area contributed by atoms with Crippen LogP contribution in [0.2, 0.25) is 0 Å². The Bertz CT molecular complexity index is 992. The second-order valence-electron chi connectivity index (χ2n) is 5.80. The molecule has 0 aliphatic carbocycles. The van der Waals surface area contributed by atoms with Crippen LogP contribution in [0.15, 0.2) is 47.4 Å². The van der Waals surface area contributed by atoms with Crippen molar-refractivity contribution in [3.05, 3.63) is 59.2 Å². The molecule has 0 saturated heterocycles. The summed E-state index contributed by atoms with van der Waals surface area (Å²) in [5.74, 6) is -0.537. The predicted molar refractivity (Wildman–Crippen MR) is 103 cm³/mol. The summed E-state index contributed by atoms with van der Waals surface area (Å²) in [7, 11) is -2.45. The van der Waals surface area contributed by atoms with Gasteiger partial charge in [-0.25, -0.2) is 13.2 Å². The predicted octanol–water partition coefficient (Wildman–Crippen LogP) is 2.95. The third-order valence-corrected chi connectivity index (χ3v) is 6.29. The third kappa shape index (κ3) is 4.50. The minimum atomic E-state index is -3.82. The molecule has 0 fully saturated rings. The molecule has 0 heterocycles. The zero-order valence-corrected chi connectivity index (χ0v) is 16.8. The van der Waals surface area contributed by atoms with Gasteiger partial charge in [-0.15, -0.1) is 0 Å². The number of esters is 1. The summed E-state index contributed by atoms with van der Waals surface area (Å²) in [6.07, 6.45) is 0. The smallest absolute Gasteiger partial charge is 0.338 e. The van der Waals surface area contributed by atoms with Crippen LogP contribution in [-0.2, 0) is 21.4 Å². The molecule has 2 aromatic carbocycles. The molecular formula is C20H22N2O5S. The minimum absolute atomic E-state index is 0.0842. The topological polar surface area (TPSA) is 96.7 Å². The second-order valence-corrected chi connectivity index (χ2v) is 7.71. The summed E-state index contributed by atoms with van der Waals surface area (Å²) in [5, 5.41) is 9.11. The van der Waals surface area contributed by atoms with Crippen molar-refractivity contribution in [2.45, 2.75) is 25.3 Å². The average Bonchev–Trinajstić information content (AvgIpc) is 2.72. The highest BCUT2D eigenvalue weighted by Crippen LogP contribution is 2.28. The van der Waals surface area contributed by atoms with Crippen molar-refractivity contribution in [1.82, 2.24) is 4.31 Å². The lowest BCUT2D eigenvalue weighted by molar-refractivity contribution is 0.0472. The number of methoxy groups -OCH3 is 1. The van der Waals surface area contributed by atoms with Gasteiger partial charge in [0.25, 0.3) is 0 Å². The van der Waals surface area contributed by atoms with E-state index in [0.29, 0.717) is 24.2 Å². The lowest BCUT2D eigenvalue weighted by atomic mass is 10.1. The normalized spacial score (nSPS) is 11.1. The Morgan fingerprint density at radius 1 is 1.14 bits per heavy atom. The highest BCUT2D eigenvalue weighted by molar-refractivity contribution is 7.89. The van der Waals surface area contributed by atoms with Gasteiger partial charge in [-0.2, -0.15) is 9.57 Å². The molecule has 7 nitrogen and oxygen atoms in total. The Balaban J connectivity index is 2.32. The molecule has 2 aromatic rings. The SMILES string of the molecule is CCN(CC)S(=O)(=O)c1cc(C(=O)OCc2ccccc2C#N)ccc1OC. The Morgan fingerprint density at radius 3 is 2.43 bits per heavy atom. The number of sulfonamides is 1. The number of hydrogen-bond acceptors (Lipinski definition) is 6. The van der Waals surface area contributed by atoms with Gasteiger partial charge in [-0.05, 0) is 24.3 Å². The van der Waals surface area contributed by atoms with Gasteiger partial charge in [-0.3, -0.25) is 0 Å². The minimum Gasteiger partial charge on any atom is -0.495 e. The summed E-state index contributed by atoms with van der Waals surface area (Å²) in [4.78, 5) is 12.4. The molecule has 0 aliphatic rings. The van der Waals surface area contributed by atoms with E-state index in [1.165, 1.54) is 29.6 Å². The molecule has 0 spiro atoms. The molecule has 0 aliphatic heterocycles. The number of rotatable bonds is 8. The molecule has 0 unspecified atom stereocenters. The first-order chi connectivity index (χ1) is 13.4. The van der Waals surface area contributed by atoms with Crippen LogP contribution in [0.4, 0.5) is 0 Å². The van der Waals surface area contributed by atoms with E-state index in [9.17, 15) is 13.2 Å². The number of hydrogen-bond donors (Lipinski definition) is 0. The molecule has 28 heavy (non-hydrogen) atoms. The zero-order valence-electron chi connectivity index (χ0n) is 16.0. The molecule has 8 heteroatoms. The highest BCUT2D eigenvalue weighted by Gasteiger charge is 2.27. The Morgan fingerprint density at radius 2 is 1.82 bits per heavy atom.